The van der Waals surface area contributed by atoms with Crippen LogP contribution in [0.25, 0.3) is 0 Å². The van der Waals surface area contributed by atoms with E-state index in [0.717, 1.165) is 32.8 Å². The fraction of sp³-hybridized carbons (Fsp3) is 0.933. The van der Waals surface area contributed by atoms with Crippen LogP contribution in [0.5, 0.6) is 0 Å². The summed E-state index contributed by atoms with van der Waals surface area (Å²) in [6.45, 7) is 13.7. The molecule has 118 valence electrons. The maximum Gasteiger partial charge on any atom is 0.221 e. The highest BCUT2D eigenvalue weighted by Crippen LogP contribution is 2.07. The highest BCUT2D eigenvalue weighted by molar-refractivity contribution is 5.76. The van der Waals surface area contributed by atoms with Crippen molar-refractivity contribution in [2.75, 3.05) is 39.3 Å². The molecular formula is C15H31N3O2. The van der Waals surface area contributed by atoms with Crippen molar-refractivity contribution in [3.63, 3.8) is 0 Å². The second kappa shape index (κ2) is 9.32. The van der Waals surface area contributed by atoms with Gasteiger partial charge in [0.1, 0.15) is 0 Å². The van der Waals surface area contributed by atoms with Crippen molar-refractivity contribution >= 4 is 5.91 Å². The third-order valence-electron chi connectivity index (χ3n) is 3.51. The van der Waals surface area contributed by atoms with Crippen LogP contribution in [0.15, 0.2) is 0 Å². The van der Waals surface area contributed by atoms with E-state index in [2.05, 4.69) is 43.2 Å². The topological polar surface area (TPSA) is 53.6 Å². The molecule has 1 saturated heterocycles. The molecule has 0 aliphatic carbocycles. The van der Waals surface area contributed by atoms with E-state index in [4.69, 9.17) is 4.74 Å². The molecule has 0 saturated carbocycles. The number of hydrogen-bond acceptors (Lipinski definition) is 4. The van der Waals surface area contributed by atoms with Crippen LogP contribution in [0.4, 0.5) is 0 Å². The molecule has 1 unspecified atom stereocenters. The Bertz CT molecular complexity index is 282. The predicted octanol–water partition coefficient (Wildman–Crippen LogP) is 0.848. The van der Waals surface area contributed by atoms with E-state index in [0.29, 0.717) is 24.9 Å². The number of nitrogens with one attached hydrogen (secondary N) is 2. The van der Waals surface area contributed by atoms with Gasteiger partial charge >= 0.3 is 0 Å². The van der Waals surface area contributed by atoms with Crippen LogP contribution >= 0.6 is 0 Å². The smallest absolute Gasteiger partial charge is 0.221 e. The molecule has 1 rings (SSSR count). The molecule has 1 fully saturated rings. The zero-order valence-electron chi connectivity index (χ0n) is 13.4. The van der Waals surface area contributed by atoms with E-state index in [1.165, 1.54) is 0 Å². The summed E-state index contributed by atoms with van der Waals surface area (Å²) in [7, 11) is 0. The van der Waals surface area contributed by atoms with Crippen molar-refractivity contribution in [3.8, 4) is 0 Å². The highest BCUT2D eigenvalue weighted by atomic mass is 16.5. The van der Waals surface area contributed by atoms with E-state index in [-0.39, 0.29) is 12.0 Å². The largest absolute Gasteiger partial charge is 0.374 e. The van der Waals surface area contributed by atoms with Gasteiger partial charge in [0.05, 0.1) is 12.7 Å². The standard InChI is InChI=1S/C15H31N3O2/c1-12(2)9-17-15(19)5-6-16-10-14-11-18(13(3)4)7-8-20-14/h12-14,16H,5-11H2,1-4H3,(H,17,19). The van der Waals surface area contributed by atoms with Crippen molar-refractivity contribution in [2.45, 2.75) is 46.3 Å². The lowest BCUT2D eigenvalue weighted by Crippen LogP contribution is -2.49. The summed E-state index contributed by atoms with van der Waals surface area (Å²) in [5.41, 5.74) is 0. The molecule has 1 heterocycles. The van der Waals surface area contributed by atoms with Gasteiger partial charge in [0.2, 0.25) is 5.91 Å². The molecule has 1 aliphatic heterocycles. The molecule has 0 aromatic rings. The van der Waals surface area contributed by atoms with Gasteiger partial charge in [-0.1, -0.05) is 13.8 Å². The van der Waals surface area contributed by atoms with Crippen LogP contribution in [-0.4, -0.2) is 62.3 Å². The summed E-state index contributed by atoms with van der Waals surface area (Å²) in [6, 6.07) is 0.572. The number of hydrogen-bond donors (Lipinski definition) is 2. The second-order valence-electron chi connectivity index (χ2n) is 6.23. The van der Waals surface area contributed by atoms with Gasteiger partial charge in [0, 0.05) is 45.2 Å². The van der Waals surface area contributed by atoms with Crippen molar-refractivity contribution in [3.05, 3.63) is 0 Å². The molecule has 0 aromatic heterocycles. The number of rotatable bonds is 8. The van der Waals surface area contributed by atoms with Crippen LogP contribution in [0.2, 0.25) is 0 Å². The van der Waals surface area contributed by atoms with E-state index >= 15 is 0 Å². The monoisotopic (exact) mass is 285 g/mol. The Morgan fingerprint density at radius 1 is 1.35 bits per heavy atom. The van der Waals surface area contributed by atoms with Gasteiger partial charge in [-0.3, -0.25) is 9.69 Å². The van der Waals surface area contributed by atoms with E-state index in [1.54, 1.807) is 0 Å². The minimum absolute atomic E-state index is 0.125. The minimum Gasteiger partial charge on any atom is -0.374 e. The number of ether oxygens (including phenoxy) is 1. The molecule has 5 nitrogen and oxygen atoms in total. The number of nitrogens with zero attached hydrogens (tertiary/aromatic N) is 1. The van der Waals surface area contributed by atoms with Crippen molar-refractivity contribution in [1.29, 1.82) is 0 Å². The van der Waals surface area contributed by atoms with Crippen molar-refractivity contribution in [2.24, 2.45) is 5.92 Å². The molecule has 0 bridgehead atoms. The van der Waals surface area contributed by atoms with Crippen LogP contribution in [0.3, 0.4) is 0 Å². The van der Waals surface area contributed by atoms with E-state index in [1.807, 2.05) is 0 Å². The quantitative estimate of drug-likeness (QED) is 0.649. The summed E-state index contributed by atoms with van der Waals surface area (Å²) >= 11 is 0. The third kappa shape index (κ3) is 7.22. The lowest BCUT2D eigenvalue weighted by Gasteiger charge is -2.35. The molecule has 0 aromatic carbocycles. The fourth-order valence-corrected chi connectivity index (χ4v) is 2.21. The molecule has 1 amide bonds. The highest BCUT2D eigenvalue weighted by Gasteiger charge is 2.21. The molecule has 0 radical (unpaired) electrons. The predicted molar refractivity (Wildman–Crippen MR) is 81.8 cm³/mol. The first-order valence-electron chi connectivity index (χ1n) is 7.82. The van der Waals surface area contributed by atoms with Gasteiger partial charge in [-0.25, -0.2) is 0 Å². The molecule has 2 N–H and O–H groups in total. The van der Waals surface area contributed by atoms with Crippen molar-refractivity contribution < 1.29 is 9.53 Å². The number of carbonyl (C=O) groups excluding carboxylic acids is 1. The van der Waals surface area contributed by atoms with Crippen LogP contribution in [0.1, 0.15) is 34.1 Å². The summed E-state index contributed by atoms with van der Waals surface area (Å²) < 4.78 is 5.74. The Kier molecular flexibility index (Phi) is 8.11. The normalized spacial score (nSPS) is 20.6. The van der Waals surface area contributed by atoms with E-state index in [9.17, 15) is 4.79 Å². The van der Waals surface area contributed by atoms with Gasteiger partial charge < -0.3 is 15.4 Å². The van der Waals surface area contributed by atoms with Gasteiger partial charge in [-0.15, -0.1) is 0 Å². The molecular weight excluding hydrogens is 254 g/mol. The first-order valence-corrected chi connectivity index (χ1v) is 7.82. The number of carbonyl (C=O) groups is 1. The number of morpholine rings is 1. The maximum absolute atomic E-state index is 11.5. The zero-order chi connectivity index (χ0) is 15.0. The van der Waals surface area contributed by atoms with Gasteiger partial charge in [0.15, 0.2) is 0 Å². The average Bonchev–Trinajstić information content (AvgIpc) is 2.41. The first-order chi connectivity index (χ1) is 9.49. The summed E-state index contributed by atoms with van der Waals surface area (Å²) in [6.07, 6.45) is 0.776. The minimum atomic E-state index is 0.125. The first kappa shape index (κ1) is 17.4. The average molecular weight is 285 g/mol. The molecule has 5 heteroatoms. The summed E-state index contributed by atoms with van der Waals surface area (Å²) in [5.74, 6) is 0.629. The lowest BCUT2D eigenvalue weighted by atomic mass is 10.2. The fourth-order valence-electron chi connectivity index (χ4n) is 2.21. The van der Waals surface area contributed by atoms with Crippen LogP contribution in [-0.2, 0) is 9.53 Å². The van der Waals surface area contributed by atoms with E-state index < -0.39 is 0 Å². The molecule has 1 aliphatic rings. The van der Waals surface area contributed by atoms with Gasteiger partial charge in [0.25, 0.3) is 0 Å². The Morgan fingerprint density at radius 2 is 2.10 bits per heavy atom. The summed E-state index contributed by atoms with van der Waals surface area (Å²) in [5, 5.41) is 6.24. The lowest BCUT2D eigenvalue weighted by molar-refractivity contribution is -0.121. The van der Waals surface area contributed by atoms with Crippen LogP contribution in [0, 0.1) is 5.92 Å². The van der Waals surface area contributed by atoms with Gasteiger partial charge in [-0.05, 0) is 19.8 Å². The SMILES string of the molecule is CC(C)CNC(=O)CCNCC1CN(C(C)C)CCO1. The van der Waals surface area contributed by atoms with Crippen LogP contribution < -0.4 is 10.6 Å². The third-order valence-corrected chi connectivity index (χ3v) is 3.51. The Balaban J connectivity index is 2.07. The maximum atomic E-state index is 11.5. The Labute approximate surface area is 123 Å². The summed E-state index contributed by atoms with van der Waals surface area (Å²) in [4.78, 5) is 14.0. The molecule has 20 heavy (non-hydrogen) atoms. The Morgan fingerprint density at radius 3 is 2.75 bits per heavy atom. The Hall–Kier alpha value is -0.650. The van der Waals surface area contributed by atoms with Crippen molar-refractivity contribution in [1.82, 2.24) is 15.5 Å². The van der Waals surface area contributed by atoms with Gasteiger partial charge in [-0.2, -0.15) is 0 Å². The number of amides is 1. The molecule has 0 spiro atoms. The second-order valence-corrected chi connectivity index (χ2v) is 6.23. The molecule has 1 atom stereocenters. The zero-order valence-corrected chi connectivity index (χ0v) is 13.4.